The second kappa shape index (κ2) is 6.88. The second-order valence-corrected chi connectivity index (χ2v) is 7.19. The molecule has 0 aliphatic carbocycles. The first-order chi connectivity index (χ1) is 11.0. The maximum Gasteiger partial charge on any atom is 0.406 e. The molecule has 1 aromatic heterocycles. The van der Waals surface area contributed by atoms with Crippen LogP contribution in [0.1, 0.15) is 41.5 Å². The maximum absolute atomic E-state index is 12.7. The fraction of sp³-hybridized carbons (Fsp3) is 0.706. The zero-order chi connectivity index (χ0) is 18.1. The van der Waals surface area contributed by atoms with E-state index in [1.807, 2.05) is 11.8 Å². The highest BCUT2D eigenvalue weighted by atomic mass is 19.4. The number of aryl methyl sites for hydroxylation is 1. The van der Waals surface area contributed by atoms with Crippen molar-refractivity contribution in [1.82, 2.24) is 9.47 Å². The lowest BCUT2D eigenvalue weighted by atomic mass is 9.82. The van der Waals surface area contributed by atoms with Gasteiger partial charge in [0.05, 0.1) is 6.54 Å². The van der Waals surface area contributed by atoms with Crippen LogP contribution in [-0.2, 0) is 6.54 Å². The van der Waals surface area contributed by atoms with E-state index in [1.165, 1.54) is 0 Å². The van der Waals surface area contributed by atoms with E-state index in [0.29, 0.717) is 23.5 Å². The van der Waals surface area contributed by atoms with Crippen LogP contribution < -0.4 is 0 Å². The molecular formula is C17H25F3N2O2. The molecule has 0 saturated carbocycles. The largest absolute Gasteiger partial charge is 0.406 e. The van der Waals surface area contributed by atoms with Crippen molar-refractivity contribution in [3.8, 4) is 0 Å². The SMILES string of the molecule is Cc1cc(C(=O)CN2CCCC(C)(CO)C2)c(C)n1CC(F)(F)F. The summed E-state index contributed by atoms with van der Waals surface area (Å²) >= 11 is 0. The molecule has 0 amide bonds. The van der Waals surface area contributed by atoms with Crippen molar-refractivity contribution in [2.75, 3.05) is 26.2 Å². The monoisotopic (exact) mass is 346 g/mol. The maximum atomic E-state index is 12.7. The summed E-state index contributed by atoms with van der Waals surface area (Å²) in [5.41, 5.74) is 0.933. The summed E-state index contributed by atoms with van der Waals surface area (Å²) in [4.78, 5) is 14.5. The molecule has 1 aromatic rings. The molecule has 24 heavy (non-hydrogen) atoms. The Balaban J connectivity index is 2.12. The van der Waals surface area contributed by atoms with Crippen LogP contribution >= 0.6 is 0 Å². The van der Waals surface area contributed by atoms with Crippen LogP contribution in [0.15, 0.2) is 6.07 Å². The number of nitrogens with zero attached hydrogens (tertiary/aromatic N) is 2. The standard InChI is InChI=1S/C17H25F3N2O2/c1-12-7-14(13(2)22(12)10-17(18,19)20)15(24)8-21-6-4-5-16(3,9-21)11-23/h7,23H,4-6,8-11H2,1-3H3. The summed E-state index contributed by atoms with van der Waals surface area (Å²) in [7, 11) is 0. The number of aliphatic hydroxyl groups is 1. The van der Waals surface area contributed by atoms with Gasteiger partial charge in [-0.3, -0.25) is 9.69 Å². The Morgan fingerprint density at radius 1 is 1.38 bits per heavy atom. The zero-order valence-corrected chi connectivity index (χ0v) is 14.4. The highest BCUT2D eigenvalue weighted by molar-refractivity contribution is 5.99. The van der Waals surface area contributed by atoms with E-state index in [4.69, 9.17) is 0 Å². The van der Waals surface area contributed by atoms with Gasteiger partial charge in [0.2, 0.25) is 0 Å². The number of carbonyl (C=O) groups is 1. The summed E-state index contributed by atoms with van der Waals surface area (Å²) in [5.74, 6) is -0.168. The number of ketones is 1. The number of halogens is 3. The van der Waals surface area contributed by atoms with Crippen LogP contribution in [0.3, 0.4) is 0 Å². The van der Waals surface area contributed by atoms with Crippen LogP contribution in [0.25, 0.3) is 0 Å². The first-order valence-corrected chi connectivity index (χ1v) is 8.14. The predicted molar refractivity (Wildman–Crippen MR) is 85.2 cm³/mol. The Morgan fingerprint density at radius 2 is 2.04 bits per heavy atom. The van der Waals surface area contributed by atoms with Gasteiger partial charge in [-0.15, -0.1) is 0 Å². The Labute approximate surface area is 140 Å². The van der Waals surface area contributed by atoms with Crippen molar-refractivity contribution in [3.05, 3.63) is 23.0 Å². The Kier molecular flexibility index (Phi) is 5.44. The van der Waals surface area contributed by atoms with Gasteiger partial charge in [-0.2, -0.15) is 13.2 Å². The minimum atomic E-state index is -4.31. The molecule has 0 bridgehead atoms. The number of aliphatic hydroxyl groups excluding tert-OH is 1. The van der Waals surface area contributed by atoms with Gasteiger partial charge >= 0.3 is 6.18 Å². The molecule has 1 unspecified atom stereocenters. The molecule has 7 heteroatoms. The normalized spacial score (nSPS) is 22.8. The van der Waals surface area contributed by atoms with E-state index in [9.17, 15) is 23.1 Å². The lowest BCUT2D eigenvalue weighted by molar-refractivity contribution is -0.141. The van der Waals surface area contributed by atoms with Gasteiger partial charge in [-0.05, 0) is 39.3 Å². The molecule has 0 radical (unpaired) electrons. The fourth-order valence-electron chi connectivity index (χ4n) is 3.49. The average molecular weight is 346 g/mol. The quantitative estimate of drug-likeness (QED) is 0.834. The van der Waals surface area contributed by atoms with Crippen molar-refractivity contribution < 1.29 is 23.1 Å². The van der Waals surface area contributed by atoms with E-state index in [-0.39, 0.29) is 24.3 Å². The minimum absolute atomic E-state index is 0.0672. The van der Waals surface area contributed by atoms with Gasteiger partial charge in [0.15, 0.2) is 5.78 Å². The number of aromatic nitrogens is 1. The van der Waals surface area contributed by atoms with Crippen molar-refractivity contribution in [2.24, 2.45) is 5.41 Å². The van der Waals surface area contributed by atoms with Crippen molar-refractivity contribution >= 4 is 5.78 Å². The third-order valence-corrected chi connectivity index (χ3v) is 4.82. The van der Waals surface area contributed by atoms with E-state index in [2.05, 4.69) is 0 Å². The van der Waals surface area contributed by atoms with Crippen LogP contribution in [0.2, 0.25) is 0 Å². The molecule has 2 rings (SSSR count). The summed E-state index contributed by atoms with van der Waals surface area (Å²) in [6.07, 6.45) is -2.50. The van der Waals surface area contributed by atoms with E-state index in [0.717, 1.165) is 24.0 Å². The van der Waals surface area contributed by atoms with Crippen LogP contribution in [-0.4, -0.2) is 52.8 Å². The molecule has 1 aliphatic rings. The molecule has 1 aliphatic heterocycles. The van der Waals surface area contributed by atoms with Gasteiger partial charge < -0.3 is 9.67 Å². The lowest BCUT2D eigenvalue weighted by Crippen LogP contribution is -2.45. The first kappa shape index (κ1) is 19.0. The van der Waals surface area contributed by atoms with Gasteiger partial charge in [-0.1, -0.05) is 6.92 Å². The van der Waals surface area contributed by atoms with Gasteiger partial charge in [0, 0.05) is 35.5 Å². The van der Waals surface area contributed by atoms with Crippen molar-refractivity contribution in [1.29, 1.82) is 0 Å². The first-order valence-electron chi connectivity index (χ1n) is 8.14. The molecule has 1 saturated heterocycles. The summed E-state index contributed by atoms with van der Waals surface area (Å²) < 4.78 is 39.2. The molecule has 1 atom stereocenters. The highest BCUT2D eigenvalue weighted by Crippen LogP contribution is 2.29. The molecule has 0 aromatic carbocycles. The fourth-order valence-corrected chi connectivity index (χ4v) is 3.49. The van der Waals surface area contributed by atoms with Gasteiger partial charge in [0.25, 0.3) is 0 Å². The Hall–Kier alpha value is -1.34. The lowest BCUT2D eigenvalue weighted by Gasteiger charge is -2.39. The topological polar surface area (TPSA) is 45.5 Å². The number of likely N-dealkylation sites (tertiary alicyclic amines) is 1. The highest BCUT2D eigenvalue weighted by Gasteiger charge is 2.33. The van der Waals surface area contributed by atoms with E-state index >= 15 is 0 Å². The van der Waals surface area contributed by atoms with Gasteiger partial charge in [0.1, 0.15) is 6.54 Å². The predicted octanol–water partition coefficient (Wildman–Crippen LogP) is 2.94. The number of carbonyl (C=O) groups excluding carboxylic acids is 1. The third kappa shape index (κ3) is 4.39. The second-order valence-electron chi connectivity index (χ2n) is 7.19. The van der Waals surface area contributed by atoms with Crippen LogP contribution in [0, 0.1) is 19.3 Å². The molecular weight excluding hydrogens is 321 g/mol. The number of alkyl halides is 3. The number of hydrogen-bond acceptors (Lipinski definition) is 3. The number of hydrogen-bond donors (Lipinski definition) is 1. The van der Waals surface area contributed by atoms with Crippen LogP contribution in [0.5, 0.6) is 0 Å². The summed E-state index contributed by atoms with van der Waals surface area (Å²) in [5, 5.41) is 9.49. The third-order valence-electron chi connectivity index (χ3n) is 4.82. The van der Waals surface area contributed by atoms with Crippen molar-refractivity contribution in [2.45, 2.75) is 46.3 Å². The number of Topliss-reactive ketones (excluding diaryl/α,β-unsaturated/α-hetero) is 1. The molecule has 136 valence electrons. The zero-order valence-electron chi connectivity index (χ0n) is 14.4. The van der Waals surface area contributed by atoms with E-state index < -0.39 is 12.7 Å². The van der Waals surface area contributed by atoms with Gasteiger partial charge in [-0.25, -0.2) is 0 Å². The smallest absolute Gasteiger partial charge is 0.396 e. The molecule has 2 heterocycles. The number of rotatable bonds is 5. The summed E-state index contributed by atoms with van der Waals surface area (Å²) in [6.45, 7) is 5.67. The minimum Gasteiger partial charge on any atom is -0.396 e. The van der Waals surface area contributed by atoms with Crippen LogP contribution in [0.4, 0.5) is 13.2 Å². The van der Waals surface area contributed by atoms with E-state index in [1.54, 1.807) is 19.9 Å². The Bertz CT molecular complexity index is 610. The average Bonchev–Trinajstić information content (AvgIpc) is 2.74. The Morgan fingerprint density at radius 3 is 2.62 bits per heavy atom. The molecule has 1 N–H and O–H groups in total. The molecule has 0 spiro atoms. The molecule has 1 fully saturated rings. The number of piperidine rings is 1. The van der Waals surface area contributed by atoms with Crippen molar-refractivity contribution in [3.63, 3.8) is 0 Å². The molecule has 4 nitrogen and oxygen atoms in total. The summed E-state index contributed by atoms with van der Waals surface area (Å²) in [6, 6.07) is 1.54.